The molecule has 1 aromatic rings. The Morgan fingerprint density at radius 1 is 1.47 bits per heavy atom. The molecule has 1 atom stereocenters. The lowest BCUT2D eigenvalue weighted by atomic mass is 10.1. The van der Waals surface area contributed by atoms with Crippen molar-refractivity contribution in [2.45, 2.75) is 31.8 Å². The highest BCUT2D eigenvalue weighted by atomic mass is 79.9. The summed E-state index contributed by atoms with van der Waals surface area (Å²) in [6.07, 6.45) is 4.41. The number of rotatable bonds is 4. The molecular weight excluding hydrogens is 313 g/mol. The van der Waals surface area contributed by atoms with E-state index in [2.05, 4.69) is 21.2 Å². The van der Waals surface area contributed by atoms with Gasteiger partial charge in [0.1, 0.15) is 5.82 Å². The molecule has 1 aliphatic rings. The largest absolute Gasteiger partial charge is 0.378 e. The highest BCUT2D eigenvalue weighted by molar-refractivity contribution is 9.10. The van der Waals surface area contributed by atoms with E-state index in [-0.39, 0.29) is 16.5 Å². The summed E-state index contributed by atoms with van der Waals surface area (Å²) in [6, 6.07) is 4.44. The molecule has 1 saturated heterocycles. The number of benzene rings is 1. The molecule has 1 N–H and O–H groups in total. The summed E-state index contributed by atoms with van der Waals surface area (Å²) < 4.78 is 19.1. The maximum absolute atomic E-state index is 13.3. The number of amides is 1. The van der Waals surface area contributed by atoms with Gasteiger partial charge in [0, 0.05) is 13.2 Å². The molecule has 1 amide bonds. The number of halogens is 2. The fraction of sp³-hybridized carbons (Fsp3) is 0.500. The highest BCUT2D eigenvalue weighted by Gasteiger charge is 2.15. The molecule has 1 aliphatic heterocycles. The van der Waals surface area contributed by atoms with E-state index in [4.69, 9.17) is 4.74 Å². The van der Waals surface area contributed by atoms with Crippen LogP contribution >= 0.6 is 15.9 Å². The van der Waals surface area contributed by atoms with Gasteiger partial charge in [0.15, 0.2) is 0 Å². The van der Waals surface area contributed by atoms with Gasteiger partial charge in [-0.05, 0) is 53.7 Å². The molecule has 0 spiro atoms. The third-order valence-electron chi connectivity index (χ3n) is 3.22. The molecule has 104 valence electrons. The first kappa shape index (κ1) is 14.5. The summed E-state index contributed by atoms with van der Waals surface area (Å²) in [5, 5.41) is 2.80. The second-order valence-electron chi connectivity index (χ2n) is 4.63. The molecule has 2 rings (SSSR count). The predicted octanol–water partition coefficient (Wildman–Crippen LogP) is 3.28. The summed E-state index contributed by atoms with van der Waals surface area (Å²) >= 11 is 3.09. The van der Waals surface area contributed by atoms with Crippen molar-refractivity contribution in [3.63, 3.8) is 0 Å². The van der Waals surface area contributed by atoms with Crippen LogP contribution in [0, 0.1) is 5.82 Å². The Balaban J connectivity index is 1.82. The van der Waals surface area contributed by atoms with Gasteiger partial charge in [-0.15, -0.1) is 0 Å². The van der Waals surface area contributed by atoms with Gasteiger partial charge in [-0.2, -0.15) is 0 Å². The molecule has 3 nitrogen and oxygen atoms in total. The fourth-order valence-corrected chi connectivity index (χ4v) is 2.60. The lowest BCUT2D eigenvalue weighted by molar-refractivity contribution is 0.0117. The molecule has 0 bridgehead atoms. The van der Waals surface area contributed by atoms with E-state index >= 15 is 0 Å². The first-order valence-corrected chi connectivity index (χ1v) is 7.31. The number of hydrogen-bond donors (Lipinski definition) is 1. The Bertz CT molecular complexity index is 447. The maximum atomic E-state index is 13.3. The van der Waals surface area contributed by atoms with Gasteiger partial charge in [0.05, 0.1) is 16.1 Å². The van der Waals surface area contributed by atoms with Gasteiger partial charge in [0.25, 0.3) is 5.91 Å². The van der Waals surface area contributed by atoms with Crippen molar-refractivity contribution in [1.82, 2.24) is 5.32 Å². The van der Waals surface area contributed by atoms with Crippen molar-refractivity contribution in [2.75, 3.05) is 13.2 Å². The maximum Gasteiger partial charge on any atom is 0.252 e. The van der Waals surface area contributed by atoms with Gasteiger partial charge in [-0.3, -0.25) is 4.79 Å². The molecule has 0 saturated carbocycles. The average Bonchev–Trinajstić information content (AvgIpc) is 2.43. The molecule has 1 fully saturated rings. The minimum Gasteiger partial charge on any atom is -0.378 e. The fourth-order valence-electron chi connectivity index (χ4n) is 2.16. The van der Waals surface area contributed by atoms with Gasteiger partial charge < -0.3 is 10.1 Å². The van der Waals surface area contributed by atoms with Gasteiger partial charge in [-0.25, -0.2) is 4.39 Å². The van der Waals surface area contributed by atoms with Crippen LogP contribution in [0.4, 0.5) is 4.39 Å². The smallest absolute Gasteiger partial charge is 0.252 e. The van der Waals surface area contributed by atoms with Crippen molar-refractivity contribution < 1.29 is 13.9 Å². The van der Waals surface area contributed by atoms with Crippen LogP contribution in [0.5, 0.6) is 0 Å². The Hall–Kier alpha value is -0.940. The van der Waals surface area contributed by atoms with E-state index in [1.54, 1.807) is 6.07 Å². The second-order valence-corrected chi connectivity index (χ2v) is 5.43. The van der Waals surface area contributed by atoms with Crippen LogP contribution in [0.2, 0.25) is 0 Å². The van der Waals surface area contributed by atoms with Crippen LogP contribution in [0.1, 0.15) is 36.0 Å². The van der Waals surface area contributed by atoms with Crippen molar-refractivity contribution in [2.24, 2.45) is 0 Å². The zero-order valence-electron chi connectivity index (χ0n) is 10.6. The zero-order valence-corrected chi connectivity index (χ0v) is 12.2. The van der Waals surface area contributed by atoms with Crippen LogP contribution in [0.15, 0.2) is 22.7 Å². The summed E-state index contributed by atoms with van der Waals surface area (Å²) in [4.78, 5) is 11.9. The Kier molecular flexibility index (Phi) is 5.34. The lowest BCUT2D eigenvalue weighted by Gasteiger charge is -2.22. The van der Waals surface area contributed by atoms with Crippen molar-refractivity contribution in [3.05, 3.63) is 34.1 Å². The van der Waals surface area contributed by atoms with E-state index in [1.807, 2.05) is 0 Å². The van der Waals surface area contributed by atoms with Gasteiger partial charge >= 0.3 is 0 Å². The number of carbonyl (C=O) groups excluding carboxylic acids is 1. The minimum atomic E-state index is -0.428. The molecular formula is C14H17BrFNO2. The lowest BCUT2D eigenvalue weighted by Crippen LogP contribution is -2.29. The zero-order chi connectivity index (χ0) is 13.7. The topological polar surface area (TPSA) is 38.3 Å². The third-order valence-corrected chi connectivity index (χ3v) is 4.03. The Labute approximate surface area is 120 Å². The SMILES string of the molecule is O=C(NCCC1CCCCO1)c1cccc(F)c1Br. The first-order valence-electron chi connectivity index (χ1n) is 6.52. The first-order chi connectivity index (χ1) is 9.18. The van der Waals surface area contributed by atoms with Crippen LogP contribution in [-0.4, -0.2) is 25.2 Å². The van der Waals surface area contributed by atoms with Crippen LogP contribution in [0.3, 0.4) is 0 Å². The standard InChI is InChI=1S/C14H17BrFNO2/c15-13-11(5-3-6-12(13)16)14(18)17-8-7-10-4-1-2-9-19-10/h3,5-6,10H,1-2,4,7-9H2,(H,17,18). The number of nitrogens with one attached hydrogen (secondary N) is 1. The number of ether oxygens (including phenoxy) is 1. The molecule has 19 heavy (non-hydrogen) atoms. The van der Waals surface area contributed by atoms with E-state index < -0.39 is 5.82 Å². The predicted molar refractivity (Wildman–Crippen MR) is 74.6 cm³/mol. The molecule has 0 radical (unpaired) electrons. The van der Waals surface area contributed by atoms with Crippen LogP contribution in [-0.2, 0) is 4.74 Å². The summed E-state index contributed by atoms with van der Waals surface area (Å²) in [7, 11) is 0. The van der Waals surface area contributed by atoms with Crippen molar-refractivity contribution in [3.8, 4) is 0 Å². The molecule has 0 aliphatic carbocycles. The average molecular weight is 330 g/mol. The van der Waals surface area contributed by atoms with E-state index in [1.165, 1.54) is 18.6 Å². The Morgan fingerprint density at radius 2 is 2.32 bits per heavy atom. The van der Waals surface area contributed by atoms with E-state index in [0.717, 1.165) is 25.9 Å². The quantitative estimate of drug-likeness (QED) is 0.920. The van der Waals surface area contributed by atoms with Crippen LogP contribution < -0.4 is 5.32 Å². The number of hydrogen-bond acceptors (Lipinski definition) is 2. The Morgan fingerprint density at radius 3 is 3.05 bits per heavy atom. The molecule has 1 unspecified atom stereocenters. The van der Waals surface area contributed by atoms with Gasteiger partial charge in [-0.1, -0.05) is 6.07 Å². The van der Waals surface area contributed by atoms with Crippen molar-refractivity contribution >= 4 is 21.8 Å². The molecule has 1 heterocycles. The van der Waals surface area contributed by atoms with Crippen LogP contribution in [0.25, 0.3) is 0 Å². The summed E-state index contributed by atoms with van der Waals surface area (Å²) in [5.74, 6) is -0.689. The van der Waals surface area contributed by atoms with E-state index in [9.17, 15) is 9.18 Å². The molecule has 1 aromatic carbocycles. The minimum absolute atomic E-state index is 0.210. The number of carbonyl (C=O) groups is 1. The molecule has 0 aromatic heterocycles. The second kappa shape index (κ2) is 7.01. The summed E-state index contributed by atoms with van der Waals surface area (Å²) in [6.45, 7) is 1.36. The van der Waals surface area contributed by atoms with E-state index in [0.29, 0.717) is 12.1 Å². The molecule has 5 heteroatoms. The van der Waals surface area contributed by atoms with Gasteiger partial charge in [0.2, 0.25) is 0 Å². The van der Waals surface area contributed by atoms with Crippen molar-refractivity contribution in [1.29, 1.82) is 0 Å². The monoisotopic (exact) mass is 329 g/mol. The highest BCUT2D eigenvalue weighted by Crippen LogP contribution is 2.20. The summed E-state index contributed by atoms with van der Waals surface area (Å²) in [5.41, 5.74) is 0.324. The normalized spacial score (nSPS) is 19.2. The third kappa shape index (κ3) is 4.01.